The smallest absolute Gasteiger partial charge is 0.273 e. The highest BCUT2D eigenvalue weighted by Crippen LogP contribution is 2.51. The molecule has 29 heavy (non-hydrogen) atoms. The number of carbonyl (C=O) groups is 3. The van der Waals surface area contributed by atoms with E-state index in [9.17, 15) is 14.4 Å². The quantitative estimate of drug-likeness (QED) is 0.700. The number of urea groups is 1. The van der Waals surface area contributed by atoms with E-state index in [0.717, 1.165) is 43.2 Å². The van der Waals surface area contributed by atoms with Crippen LogP contribution in [0.1, 0.15) is 39.3 Å². The Balaban J connectivity index is 2.01. The SMILES string of the molecule is Cc1cc(C)c(C2Cc3ccccc3CC23C(=O)N(C)C(=O)N(C)C3=O)c(C)c1. The number of benzene rings is 2. The Bertz CT molecular complexity index is 1010. The van der Waals surface area contributed by atoms with E-state index in [1.807, 2.05) is 39.0 Å². The largest absolute Gasteiger partial charge is 0.332 e. The normalized spacial score (nSPS) is 21.0. The van der Waals surface area contributed by atoms with Gasteiger partial charge in [-0.25, -0.2) is 4.79 Å². The summed E-state index contributed by atoms with van der Waals surface area (Å²) in [7, 11) is 2.95. The molecule has 0 saturated carbocycles. The van der Waals surface area contributed by atoms with Crippen molar-refractivity contribution in [2.45, 2.75) is 39.5 Å². The number of fused-ring (bicyclic) bond motifs is 1. The summed E-state index contributed by atoms with van der Waals surface area (Å²) in [5.74, 6) is -1.12. The highest BCUT2D eigenvalue weighted by atomic mass is 16.2. The lowest BCUT2D eigenvalue weighted by molar-refractivity contribution is -0.159. The Kier molecular flexibility index (Phi) is 4.37. The molecule has 150 valence electrons. The molecule has 4 rings (SSSR count). The monoisotopic (exact) mass is 390 g/mol. The number of amides is 4. The van der Waals surface area contributed by atoms with E-state index in [-0.39, 0.29) is 5.92 Å². The molecule has 1 heterocycles. The van der Waals surface area contributed by atoms with Crippen LogP contribution in [0.25, 0.3) is 0 Å². The first-order chi connectivity index (χ1) is 13.7. The van der Waals surface area contributed by atoms with Gasteiger partial charge in [-0.15, -0.1) is 0 Å². The number of imide groups is 2. The number of hydrogen-bond acceptors (Lipinski definition) is 3. The highest BCUT2D eigenvalue weighted by molar-refractivity contribution is 6.19. The summed E-state index contributed by atoms with van der Waals surface area (Å²) in [6, 6.07) is 11.6. The number of nitrogens with zero attached hydrogens (tertiary/aromatic N) is 2. The average Bonchev–Trinajstić information content (AvgIpc) is 2.68. The van der Waals surface area contributed by atoms with Crippen LogP contribution in [0, 0.1) is 26.2 Å². The lowest BCUT2D eigenvalue weighted by Crippen LogP contribution is -2.66. The Morgan fingerprint density at radius 3 is 1.93 bits per heavy atom. The summed E-state index contributed by atoms with van der Waals surface area (Å²) in [5, 5.41) is 0. The van der Waals surface area contributed by atoms with E-state index < -0.39 is 23.3 Å². The summed E-state index contributed by atoms with van der Waals surface area (Å²) in [6.07, 6.45) is 0.897. The molecule has 1 aliphatic heterocycles. The van der Waals surface area contributed by atoms with Crippen molar-refractivity contribution in [1.29, 1.82) is 0 Å². The van der Waals surface area contributed by atoms with Crippen molar-refractivity contribution in [2.24, 2.45) is 5.41 Å². The fourth-order valence-corrected chi connectivity index (χ4v) is 5.37. The van der Waals surface area contributed by atoms with Gasteiger partial charge in [-0.1, -0.05) is 42.0 Å². The van der Waals surface area contributed by atoms with Crippen molar-refractivity contribution in [2.75, 3.05) is 14.1 Å². The minimum absolute atomic E-state index is 0.306. The Hall–Kier alpha value is -2.95. The van der Waals surface area contributed by atoms with Crippen molar-refractivity contribution in [3.05, 3.63) is 69.8 Å². The zero-order valence-corrected chi connectivity index (χ0v) is 17.6. The molecule has 5 heteroatoms. The third-order valence-corrected chi connectivity index (χ3v) is 6.64. The molecule has 1 aliphatic carbocycles. The van der Waals surface area contributed by atoms with Crippen LogP contribution in [-0.2, 0) is 22.4 Å². The zero-order chi connectivity index (χ0) is 21.1. The second kappa shape index (κ2) is 6.55. The molecule has 4 amide bonds. The molecule has 0 radical (unpaired) electrons. The minimum Gasteiger partial charge on any atom is -0.273 e. The third kappa shape index (κ3) is 2.64. The molecule has 2 aromatic carbocycles. The van der Waals surface area contributed by atoms with Crippen LogP contribution < -0.4 is 0 Å². The summed E-state index contributed by atoms with van der Waals surface area (Å²) < 4.78 is 0. The molecule has 1 spiro atoms. The third-order valence-electron chi connectivity index (χ3n) is 6.64. The van der Waals surface area contributed by atoms with Gasteiger partial charge < -0.3 is 0 Å². The summed E-state index contributed by atoms with van der Waals surface area (Å²) in [4.78, 5) is 41.9. The van der Waals surface area contributed by atoms with E-state index in [0.29, 0.717) is 12.8 Å². The van der Waals surface area contributed by atoms with Gasteiger partial charge in [-0.05, 0) is 61.4 Å². The fourth-order valence-electron chi connectivity index (χ4n) is 5.37. The Morgan fingerprint density at radius 1 is 0.862 bits per heavy atom. The number of aryl methyl sites for hydroxylation is 3. The predicted molar refractivity (Wildman–Crippen MR) is 111 cm³/mol. The van der Waals surface area contributed by atoms with Crippen molar-refractivity contribution in [3.8, 4) is 0 Å². The summed E-state index contributed by atoms with van der Waals surface area (Å²) in [6.45, 7) is 6.13. The molecule has 1 atom stereocenters. The maximum Gasteiger partial charge on any atom is 0.332 e. The van der Waals surface area contributed by atoms with Gasteiger partial charge in [-0.3, -0.25) is 19.4 Å². The van der Waals surface area contributed by atoms with Crippen molar-refractivity contribution in [1.82, 2.24) is 9.80 Å². The average molecular weight is 390 g/mol. The Morgan fingerprint density at radius 2 is 1.38 bits per heavy atom. The molecule has 0 bridgehead atoms. The van der Waals surface area contributed by atoms with Crippen LogP contribution >= 0.6 is 0 Å². The number of hydrogen-bond donors (Lipinski definition) is 0. The highest BCUT2D eigenvalue weighted by Gasteiger charge is 2.61. The van der Waals surface area contributed by atoms with Gasteiger partial charge in [0, 0.05) is 20.0 Å². The lowest BCUT2D eigenvalue weighted by Gasteiger charge is -2.49. The van der Waals surface area contributed by atoms with Gasteiger partial charge in [0.15, 0.2) is 0 Å². The summed E-state index contributed by atoms with van der Waals surface area (Å²) in [5.41, 5.74) is 5.21. The fraction of sp³-hybridized carbons (Fsp3) is 0.375. The van der Waals surface area contributed by atoms with E-state index in [1.54, 1.807) is 0 Å². The number of carbonyl (C=O) groups excluding carboxylic acids is 3. The van der Waals surface area contributed by atoms with Crippen molar-refractivity contribution >= 4 is 17.8 Å². The molecule has 0 N–H and O–H groups in total. The standard InChI is InChI=1S/C24H26N2O3/c1-14-10-15(2)20(16(3)11-14)19-12-17-8-6-7-9-18(17)13-24(19)21(27)25(4)23(29)26(5)22(24)28/h6-11,19H,12-13H2,1-5H3. The predicted octanol–water partition coefficient (Wildman–Crippen LogP) is 3.53. The number of barbiturate groups is 1. The van der Waals surface area contributed by atoms with Gasteiger partial charge in [-0.2, -0.15) is 0 Å². The second-order valence-corrected chi connectivity index (χ2v) is 8.50. The van der Waals surface area contributed by atoms with Crippen LogP contribution in [0.5, 0.6) is 0 Å². The molecule has 2 aliphatic rings. The first-order valence-corrected chi connectivity index (χ1v) is 9.93. The first-order valence-electron chi connectivity index (χ1n) is 9.93. The molecule has 1 unspecified atom stereocenters. The van der Waals surface area contributed by atoms with Gasteiger partial charge in [0.2, 0.25) is 11.8 Å². The van der Waals surface area contributed by atoms with Gasteiger partial charge in [0.25, 0.3) is 0 Å². The molecule has 1 fully saturated rings. The maximum absolute atomic E-state index is 13.6. The van der Waals surface area contributed by atoms with Crippen molar-refractivity contribution in [3.63, 3.8) is 0 Å². The van der Waals surface area contributed by atoms with Gasteiger partial charge in [0.05, 0.1) is 0 Å². The van der Waals surface area contributed by atoms with E-state index in [2.05, 4.69) is 18.2 Å². The van der Waals surface area contributed by atoms with Crippen LogP contribution in [0.4, 0.5) is 4.79 Å². The lowest BCUT2D eigenvalue weighted by atomic mass is 9.59. The van der Waals surface area contributed by atoms with Crippen LogP contribution in [0.3, 0.4) is 0 Å². The number of rotatable bonds is 1. The molecule has 0 aromatic heterocycles. The Labute approximate surface area is 171 Å². The van der Waals surface area contributed by atoms with E-state index >= 15 is 0 Å². The van der Waals surface area contributed by atoms with E-state index in [1.165, 1.54) is 14.1 Å². The van der Waals surface area contributed by atoms with E-state index in [4.69, 9.17) is 0 Å². The maximum atomic E-state index is 13.6. The van der Waals surface area contributed by atoms with Crippen LogP contribution in [0.15, 0.2) is 36.4 Å². The molecule has 1 saturated heterocycles. The van der Waals surface area contributed by atoms with Crippen LogP contribution in [0.2, 0.25) is 0 Å². The zero-order valence-electron chi connectivity index (χ0n) is 17.6. The minimum atomic E-state index is -1.31. The second-order valence-electron chi connectivity index (χ2n) is 8.50. The summed E-state index contributed by atoms with van der Waals surface area (Å²) >= 11 is 0. The first kappa shape index (κ1) is 19.4. The van der Waals surface area contributed by atoms with Crippen molar-refractivity contribution < 1.29 is 14.4 Å². The topological polar surface area (TPSA) is 57.7 Å². The van der Waals surface area contributed by atoms with Gasteiger partial charge >= 0.3 is 6.03 Å². The van der Waals surface area contributed by atoms with Gasteiger partial charge in [0.1, 0.15) is 5.41 Å². The molecular formula is C24H26N2O3. The molecular weight excluding hydrogens is 364 g/mol. The van der Waals surface area contributed by atoms with Crippen LogP contribution in [-0.4, -0.2) is 41.7 Å². The molecule has 2 aromatic rings. The molecule has 5 nitrogen and oxygen atoms in total.